The summed E-state index contributed by atoms with van der Waals surface area (Å²) in [6, 6.07) is 0. The van der Waals surface area contributed by atoms with E-state index in [1.165, 1.54) is 16.8 Å². The van der Waals surface area contributed by atoms with Crippen molar-refractivity contribution in [2.24, 2.45) is 0 Å². The highest BCUT2D eigenvalue weighted by Crippen LogP contribution is 2.11. The van der Waals surface area contributed by atoms with Crippen molar-refractivity contribution in [2.75, 3.05) is 6.54 Å². The Hall–Kier alpha value is -1.88. The van der Waals surface area contributed by atoms with E-state index in [0.29, 0.717) is 0 Å². The van der Waals surface area contributed by atoms with Crippen LogP contribution in [0.1, 0.15) is 34.6 Å². The molecule has 21 heavy (non-hydrogen) atoms. The van der Waals surface area contributed by atoms with E-state index in [2.05, 4.69) is 54.2 Å². The van der Waals surface area contributed by atoms with E-state index in [4.69, 9.17) is 0 Å². The van der Waals surface area contributed by atoms with Crippen molar-refractivity contribution in [1.29, 1.82) is 0 Å². The van der Waals surface area contributed by atoms with E-state index in [-0.39, 0.29) is 0 Å². The van der Waals surface area contributed by atoms with Gasteiger partial charge in [-0.3, -0.25) is 9.78 Å². The van der Waals surface area contributed by atoms with Crippen LogP contribution in [-0.4, -0.2) is 26.5 Å². The molecule has 0 aliphatic heterocycles. The smallest absolute Gasteiger partial charge is 0.0638 e. The molecular weight excluding hydrogens is 262 g/mol. The number of allylic oxidation sites excluding steroid dienone is 1. The molecule has 5 nitrogen and oxygen atoms in total. The van der Waals surface area contributed by atoms with Gasteiger partial charge in [0, 0.05) is 24.0 Å². The van der Waals surface area contributed by atoms with Crippen LogP contribution in [0, 0.1) is 20.8 Å². The van der Waals surface area contributed by atoms with Gasteiger partial charge in [-0.25, -0.2) is 0 Å². The van der Waals surface area contributed by atoms with Gasteiger partial charge in [-0.2, -0.15) is 10.2 Å². The van der Waals surface area contributed by atoms with Gasteiger partial charge in [0.05, 0.1) is 17.9 Å². The minimum Gasteiger partial charge on any atom is -0.313 e. The molecule has 0 bridgehead atoms. The maximum absolute atomic E-state index is 4.46. The molecule has 5 heteroatoms. The normalized spacial score (nSPS) is 11.0. The lowest BCUT2D eigenvalue weighted by atomic mass is 10.1. The van der Waals surface area contributed by atoms with Gasteiger partial charge < -0.3 is 5.32 Å². The lowest BCUT2D eigenvalue weighted by molar-refractivity contribution is 0.645. The van der Waals surface area contributed by atoms with Crippen molar-refractivity contribution >= 4 is 0 Å². The second-order valence-corrected chi connectivity index (χ2v) is 5.44. The molecule has 2 aromatic rings. The zero-order chi connectivity index (χ0) is 15.2. The van der Waals surface area contributed by atoms with Gasteiger partial charge in [-0.05, 0) is 45.7 Å². The highest BCUT2D eigenvalue weighted by molar-refractivity contribution is 5.23. The molecule has 0 aromatic carbocycles. The molecule has 0 aliphatic carbocycles. The number of hydrogen-bond donors (Lipinski definition) is 2. The molecule has 2 rings (SSSR count). The highest BCUT2D eigenvalue weighted by Gasteiger charge is 2.06. The molecule has 0 saturated carbocycles. The molecule has 2 N–H and O–H groups in total. The first-order valence-corrected chi connectivity index (χ1v) is 7.46. The maximum Gasteiger partial charge on any atom is 0.0638 e. The van der Waals surface area contributed by atoms with Crippen molar-refractivity contribution in [2.45, 2.75) is 46.7 Å². The second kappa shape index (κ2) is 7.22. The Labute approximate surface area is 126 Å². The second-order valence-electron chi connectivity index (χ2n) is 5.44. The van der Waals surface area contributed by atoms with Gasteiger partial charge in [0.1, 0.15) is 0 Å². The summed E-state index contributed by atoms with van der Waals surface area (Å²) in [6.45, 7) is 12.6. The third-order valence-corrected chi connectivity index (χ3v) is 3.74. The molecule has 114 valence electrons. The minimum absolute atomic E-state index is 0.764. The number of hydrogen-bond acceptors (Lipinski definition) is 3. The first kappa shape index (κ1) is 15.5. The zero-order valence-corrected chi connectivity index (χ0v) is 13.2. The lowest BCUT2D eigenvalue weighted by Gasteiger charge is -2.04. The summed E-state index contributed by atoms with van der Waals surface area (Å²) < 4.78 is 1.93. The summed E-state index contributed by atoms with van der Waals surface area (Å²) in [5, 5.41) is 15.2. The molecule has 0 fully saturated rings. The Balaban J connectivity index is 1.74. The van der Waals surface area contributed by atoms with Gasteiger partial charge in [0.25, 0.3) is 0 Å². The lowest BCUT2D eigenvalue weighted by Crippen LogP contribution is -2.15. The van der Waals surface area contributed by atoms with Crippen LogP contribution in [0.25, 0.3) is 0 Å². The van der Waals surface area contributed by atoms with E-state index in [9.17, 15) is 0 Å². The Morgan fingerprint density at radius 3 is 2.81 bits per heavy atom. The minimum atomic E-state index is 0.764. The fourth-order valence-corrected chi connectivity index (χ4v) is 2.51. The number of nitrogens with one attached hydrogen (secondary N) is 2. The quantitative estimate of drug-likeness (QED) is 0.579. The molecule has 2 aromatic heterocycles. The molecule has 0 radical (unpaired) electrons. The monoisotopic (exact) mass is 287 g/mol. The van der Waals surface area contributed by atoms with Gasteiger partial charge in [-0.1, -0.05) is 6.08 Å². The highest BCUT2D eigenvalue weighted by atomic mass is 15.3. The van der Waals surface area contributed by atoms with E-state index < -0.39 is 0 Å². The van der Waals surface area contributed by atoms with Crippen LogP contribution in [-0.2, 0) is 19.5 Å². The molecule has 0 spiro atoms. The summed E-state index contributed by atoms with van der Waals surface area (Å²) in [5.41, 5.74) is 6.01. The predicted molar refractivity (Wildman–Crippen MR) is 85.3 cm³/mol. The maximum atomic E-state index is 4.46. The number of aryl methyl sites for hydroxylation is 3. The molecule has 0 saturated heterocycles. The number of aromatic amines is 1. The number of aromatic nitrogens is 4. The van der Waals surface area contributed by atoms with Gasteiger partial charge in [-0.15, -0.1) is 6.58 Å². The van der Waals surface area contributed by atoms with Crippen LogP contribution >= 0.6 is 0 Å². The average Bonchev–Trinajstić information content (AvgIpc) is 2.95. The first-order valence-electron chi connectivity index (χ1n) is 7.46. The van der Waals surface area contributed by atoms with Crippen molar-refractivity contribution in [1.82, 2.24) is 25.3 Å². The van der Waals surface area contributed by atoms with Crippen molar-refractivity contribution < 1.29 is 0 Å². The number of H-pyrrole nitrogens is 1. The molecule has 0 aliphatic rings. The van der Waals surface area contributed by atoms with E-state index >= 15 is 0 Å². The Kier molecular flexibility index (Phi) is 5.33. The molecule has 0 atom stereocenters. The largest absolute Gasteiger partial charge is 0.313 e. The summed E-state index contributed by atoms with van der Waals surface area (Å²) in [4.78, 5) is 0. The molecule has 0 unspecified atom stereocenters. The summed E-state index contributed by atoms with van der Waals surface area (Å²) in [6.07, 6.45) is 6.13. The number of rotatable bonds is 8. The summed E-state index contributed by atoms with van der Waals surface area (Å²) in [7, 11) is 0. The summed E-state index contributed by atoms with van der Waals surface area (Å²) in [5.74, 6) is 0. The SMILES string of the molecule is C=CCn1cc(CNCCCc2c(C)n[nH]c2C)c(C)n1. The zero-order valence-electron chi connectivity index (χ0n) is 13.2. The predicted octanol–water partition coefficient (Wildman–Crippen LogP) is 2.44. The Bertz CT molecular complexity index is 574. The third-order valence-electron chi connectivity index (χ3n) is 3.74. The molecule has 0 amide bonds. The number of nitrogens with zero attached hydrogens (tertiary/aromatic N) is 3. The van der Waals surface area contributed by atoms with Crippen LogP contribution in [0.15, 0.2) is 18.9 Å². The van der Waals surface area contributed by atoms with Gasteiger partial charge in [0.15, 0.2) is 0 Å². The fraction of sp³-hybridized carbons (Fsp3) is 0.500. The van der Waals surface area contributed by atoms with Crippen molar-refractivity contribution in [3.05, 3.63) is 47.1 Å². The van der Waals surface area contributed by atoms with E-state index in [1.54, 1.807) is 0 Å². The van der Waals surface area contributed by atoms with Crippen LogP contribution in [0.2, 0.25) is 0 Å². The van der Waals surface area contributed by atoms with Gasteiger partial charge >= 0.3 is 0 Å². The first-order chi connectivity index (χ1) is 10.1. The van der Waals surface area contributed by atoms with Crippen LogP contribution in [0.4, 0.5) is 0 Å². The Morgan fingerprint density at radius 2 is 2.14 bits per heavy atom. The average molecular weight is 287 g/mol. The topological polar surface area (TPSA) is 58.5 Å². The standard InChI is InChI=1S/C16H25N5/c1-5-9-21-11-15(12(2)20-21)10-17-8-6-7-16-13(3)18-19-14(16)4/h5,11,17H,1,6-10H2,2-4H3,(H,18,19). The molecular formula is C16H25N5. The summed E-state index contributed by atoms with van der Waals surface area (Å²) >= 11 is 0. The third kappa shape index (κ3) is 4.04. The van der Waals surface area contributed by atoms with Gasteiger partial charge in [0.2, 0.25) is 0 Å². The van der Waals surface area contributed by atoms with Crippen LogP contribution in [0.3, 0.4) is 0 Å². The van der Waals surface area contributed by atoms with Crippen molar-refractivity contribution in [3.63, 3.8) is 0 Å². The van der Waals surface area contributed by atoms with Crippen LogP contribution < -0.4 is 5.32 Å². The van der Waals surface area contributed by atoms with Crippen molar-refractivity contribution in [3.8, 4) is 0 Å². The van der Waals surface area contributed by atoms with Crippen LogP contribution in [0.5, 0.6) is 0 Å². The molecule has 2 heterocycles. The van der Waals surface area contributed by atoms with E-state index in [0.717, 1.165) is 43.9 Å². The van der Waals surface area contributed by atoms with E-state index in [1.807, 2.05) is 10.8 Å². The Morgan fingerprint density at radius 1 is 1.33 bits per heavy atom. The fourth-order valence-electron chi connectivity index (χ4n) is 2.51.